The van der Waals surface area contributed by atoms with Gasteiger partial charge in [0.1, 0.15) is 5.82 Å². The van der Waals surface area contributed by atoms with E-state index >= 15 is 0 Å². The lowest BCUT2D eigenvalue weighted by molar-refractivity contribution is 0.606. The van der Waals surface area contributed by atoms with Crippen molar-refractivity contribution in [1.82, 2.24) is 10.6 Å². The second kappa shape index (κ2) is 10.3. The van der Waals surface area contributed by atoms with Crippen molar-refractivity contribution in [3.05, 3.63) is 35.6 Å². The number of thioether (sulfide) groups is 1. The molecule has 0 unspecified atom stereocenters. The van der Waals surface area contributed by atoms with Gasteiger partial charge in [-0.2, -0.15) is 11.8 Å². The van der Waals surface area contributed by atoms with Crippen LogP contribution in [0.5, 0.6) is 0 Å². The summed E-state index contributed by atoms with van der Waals surface area (Å²) in [6, 6.07) is 6.86. The summed E-state index contributed by atoms with van der Waals surface area (Å²) in [6.45, 7) is 5.84. The molecular formula is C15H25FIN3S. The molecule has 0 aliphatic carbocycles. The predicted molar refractivity (Wildman–Crippen MR) is 102 cm³/mol. The highest BCUT2D eigenvalue weighted by molar-refractivity contribution is 14.0. The van der Waals surface area contributed by atoms with E-state index in [4.69, 9.17) is 0 Å². The van der Waals surface area contributed by atoms with Crippen LogP contribution in [0, 0.1) is 5.82 Å². The average molecular weight is 425 g/mol. The first-order valence-corrected chi connectivity index (χ1v) is 7.94. The number of aliphatic imine (C=N–C) groups is 1. The van der Waals surface area contributed by atoms with Gasteiger partial charge < -0.3 is 10.6 Å². The lowest BCUT2D eigenvalue weighted by atomic mass is 10.1. The zero-order chi connectivity index (χ0) is 15.0. The molecule has 0 amide bonds. The fraction of sp³-hybridized carbons (Fsp3) is 0.533. The maximum atomic E-state index is 13.5. The molecule has 1 aromatic carbocycles. The van der Waals surface area contributed by atoms with Gasteiger partial charge in [0.15, 0.2) is 5.96 Å². The Morgan fingerprint density at radius 2 is 1.95 bits per heavy atom. The number of hydrogen-bond donors (Lipinski definition) is 2. The predicted octanol–water partition coefficient (Wildman–Crippen LogP) is 3.29. The number of nitrogens with one attached hydrogen (secondary N) is 2. The zero-order valence-corrected chi connectivity index (χ0v) is 16.2. The van der Waals surface area contributed by atoms with Gasteiger partial charge in [-0.25, -0.2) is 4.39 Å². The van der Waals surface area contributed by atoms with Crippen LogP contribution in [0.2, 0.25) is 0 Å². The van der Waals surface area contributed by atoms with Gasteiger partial charge in [0.05, 0.1) is 0 Å². The van der Waals surface area contributed by atoms with E-state index in [1.807, 2.05) is 23.9 Å². The summed E-state index contributed by atoms with van der Waals surface area (Å²) in [4.78, 5) is 4.17. The van der Waals surface area contributed by atoms with Crippen LogP contribution in [0.3, 0.4) is 0 Å². The van der Waals surface area contributed by atoms with Gasteiger partial charge in [0.25, 0.3) is 0 Å². The Balaban J connectivity index is 0.00000400. The normalized spacial score (nSPS) is 11.8. The summed E-state index contributed by atoms with van der Waals surface area (Å²) >= 11 is 1.81. The topological polar surface area (TPSA) is 36.4 Å². The third-order valence-corrected chi connectivity index (χ3v) is 4.35. The monoisotopic (exact) mass is 425 g/mol. The van der Waals surface area contributed by atoms with Gasteiger partial charge >= 0.3 is 0 Å². The molecule has 1 rings (SSSR count). The molecule has 2 N–H and O–H groups in total. The highest BCUT2D eigenvalue weighted by atomic mass is 127. The van der Waals surface area contributed by atoms with E-state index < -0.39 is 0 Å². The molecule has 0 atom stereocenters. The number of nitrogens with zero attached hydrogens (tertiary/aromatic N) is 1. The Morgan fingerprint density at radius 3 is 2.52 bits per heavy atom. The molecule has 0 fully saturated rings. The van der Waals surface area contributed by atoms with E-state index in [0.717, 1.165) is 18.1 Å². The zero-order valence-electron chi connectivity index (χ0n) is 13.1. The minimum atomic E-state index is -0.152. The molecule has 3 nitrogen and oxygen atoms in total. The van der Waals surface area contributed by atoms with E-state index in [2.05, 4.69) is 35.7 Å². The van der Waals surface area contributed by atoms with Gasteiger partial charge in [0, 0.05) is 24.9 Å². The number of hydrogen-bond acceptors (Lipinski definition) is 2. The van der Waals surface area contributed by atoms with E-state index in [0.29, 0.717) is 13.0 Å². The number of halogens is 2. The lowest BCUT2D eigenvalue weighted by Gasteiger charge is -2.23. The first-order valence-electron chi connectivity index (χ1n) is 6.71. The Kier molecular flexibility index (Phi) is 10.0. The van der Waals surface area contributed by atoms with Crippen LogP contribution in [-0.4, -0.2) is 37.1 Å². The maximum absolute atomic E-state index is 13.5. The van der Waals surface area contributed by atoms with E-state index in [-0.39, 0.29) is 34.5 Å². The van der Waals surface area contributed by atoms with Gasteiger partial charge in [-0.1, -0.05) is 18.2 Å². The van der Waals surface area contributed by atoms with Crippen LogP contribution >= 0.6 is 35.7 Å². The first-order chi connectivity index (χ1) is 9.48. The van der Waals surface area contributed by atoms with Crippen LogP contribution in [0.25, 0.3) is 0 Å². The summed E-state index contributed by atoms with van der Waals surface area (Å²) in [7, 11) is 1.74. The summed E-state index contributed by atoms with van der Waals surface area (Å²) in [5.74, 6) is 0.601. The van der Waals surface area contributed by atoms with Crippen molar-refractivity contribution in [3.8, 4) is 0 Å². The van der Waals surface area contributed by atoms with Gasteiger partial charge in [-0.05, 0) is 38.2 Å². The second-order valence-corrected chi connectivity index (χ2v) is 6.67. The van der Waals surface area contributed by atoms with Crippen molar-refractivity contribution >= 4 is 41.7 Å². The third-order valence-electron chi connectivity index (χ3n) is 3.10. The maximum Gasteiger partial charge on any atom is 0.191 e. The fourth-order valence-electron chi connectivity index (χ4n) is 1.61. The van der Waals surface area contributed by atoms with Crippen LogP contribution < -0.4 is 10.6 Å². The standard InChI is InChI=1S/C15H24FN3S.HI/c1-15(2,20-4)11-19-14(17-3)18-10-9-12-7-5-6-8-13(12)16;/h5-8H,9-11H2,1-4H3,(H2,17,18,19);1H. The smallest absolute Gasteiger partial charge is 0.191 e. The summed E-state index contributed by atoms with van der Waals surface area (Å²) < 4.78 is 13.6. The summed E-state index contributed by atoms with van der Waals surface area (Å²) in [5, 5.41) is 6.49. The Labute approximate surface area is 148 Å². The third kappa shape index (κ3) is 7.90. The van der Waals surface area contributed by atoms with Gasteiger partial charge in [0.2, 0.25) is 0 Å². The van der Waals surface area contributed by atoms with Crippen LogP contribution in [0.15, 0.2) is 29.3 Å². The van der Waals surface area contributed by atoms with E-state index in [1.165, 1.54) is 6.07 Å². The average Bonchev–Trinajstić information content (AvgIpc) is 2.44. The minimum absolute atomic E-state index is 0. The highest BCUT2D eigenvalue weighted by Crippen LogP contribution is 2.19. The van der Waals surface area contributed by atoms with Crippen molar-refractivity contribution in [1.29, 1.82) is 0 Å². The number of rotatable bonds is 6. The molecule has 0 aromatic heterocycles. The van der Waals surface area contributed by atoms with Crippen molar-refractivity contribution in [2.24, 2.45) is 4.99 Å². The summed E-state index contributed by atoms with van der Waals surface area (Å²) in [6.07, 6.45) is 2.73. The molecule has 120 valence electrons. The van der Waals surface area contributed by atoms with Crippen molar-refractivity contribution < 1.29 is 4.39 Å². The quantitative estimate of drug-likeness (QED) is 0.417. The molecular weight excluding hydrogens is 400 g/mol. The molecule has 6 heteroatoms. The molecule has 0 aliphatic heterocycles. The lowest BCUT2D eigenvalue weighted by Crippen LogP contribution is -2.43. The van der Waals surface area contributed by atoms with Gasteiger partial charge in [-0.3, -0.25) is 4.99 Å². The largest absolute Gasteiger partial charge is 0.356 e. The first kappa shape index (κ1) is 20.5. The molecule has 0 radical (unpaired) electrons. The minimum Gasteiger partial charge on any atom is -0.356 e. The molecule has 0 saturated carbocycles. The molecule has 1 aromatic rings. The van der Waals surface area contributed by atoms with E-state index in [1.54, 1.807) is 13.1 Å². The SMILES string of the molecule is CN=C(NCCc1ccccc1F)NCC(C)(C)SC.I. The highest BCUT2D eigenvalue weighted by Gasteiger charge is 2.15. The fourth-order valence-corrected chi connectivity index (χ4v) is 1.82. The van der Waals surface area contributed by atoms with Gasteiger partial charge in [-0.15, -0.1) is 24.0 Å². The van der Waals surface area contributed by atoms with Crippen LogP contribution in [0.4, 0.5) is 4.39 Å². The Morgan fingerprint density at radius 1 is 1.29 bits per heavy atom. The van der Waals surface area contributed by atoms with Crippen LogP contribution in [-0.2, 0) is 6.42 Å². The van der Waals surface area contributed by atoms with Crippen molar-refractivity contribution in [3.63, 3.8) is 0 Å². The van der Waals surface area contributed by atoms with Crippen LogP contribution in [0.1, 0.15) is 19.4 Å². The number of guanidine groups is 1. The van der Waals surface area contributed by atoms with E-state index in [9.17, 15) is 4.39 Å². The van der Waals surface area contributed by atoms with Crippen molar-refractivity contribution in [2.45, 2.75) is 25.0 Å². The Hall–Kier alpha value is -0.500. The molecule has 21 heavy (non-hydrogen) atoms. The molecule has 0 spiro atoms. The summed E-state index contributed by atoms with van der Waals surface area (Å²) in [5.41, 5.74) is 0.722. The molecule has 0 saturated heterocycles. The molecule has 0 bridgehead atoms. The van der Waals surface area contributed by atoms with Crippen molar-refractivity contribution in [2.75, 3.05) is 26.4 Å². The Bertz CT molecular complexity index is 452. The molecule has 0 aliphatic rings. The number of benzene rings is 1. The second-order valence-electron chi connectivity index (χ2n) is 5.16. The molecule has 0 heterocycles.